The van der Waals surface area contributed by atoms with Gasteiger partial charge in [0.15, 0.2) is 0 Å². The van der Waals surface area contributed by atoms with E-state index in [4.69, 9.17) is 4.74 Å². The van der Waals surface area contributed by atoms with E-state index in [0.717, 1.165) is 5.75 Å². The lowest BCUT2D eigenvalue weighted by molar-refractivity contribution is 0.415. The van der Waals surface area contributed by atoms with E-state index < -0.39 is 0 Å². The Hall–Kier alpha value is -5.92. The molecular weight excluding hydrogens is 556 g/mol. The van der Waals surface area contributed by atoms with Gasteiger partial charge < -0.3 is 4.74 Å². The van der Waals surface area contributed by atoms with Crippen molar-refractivity contribution in [2.24, 2.45) is 0 Å². The van der Waals surface area contributed by atoms with Gasteiger partial charge in [0.25, 0.3) is 0 Å². The summed E-state index contributed by atoms with van der Waals surface area (Å²) in [6.45, 7) is 0. The van der Waals surface area contributed by atoms with Gasteiger partial charge in [0.05, 0.1) is 7.11 Å². The first-order chi connectivity index (χ1) is 22.7. The lowest BCUT2D eigenvalue weighted by atomic mass is 9.84. The molecule has 216 valence electrons. The highest BCUT2D eigenvalue weighted by Crippen LogP contribution is 2.46. The zero-order chi connectivity index (χ0) is 30.6. The van der Waals surface area contributed by atoms with Gasteiger partial charge in [-0.3, -0.25) is 0 Å². The molecule has 0 amide bonds. The van der Waals surface area contributed by atoms with Crippen LogP contribution in [-0.4, -0.2) is 7.11 Å². The normalized spacial score (nSPS) is 11.6. The van der Waals surface area contributed by atoms with Crippen molar-refractivity contribution in [3.63, 3.8) is 0 Å². The van der Waals surface area contributed by atoms with Crippen molar-refractivity contribution in [2.75, 3.05) is 7.11 Å². The summed E-state index contributed by atoms with van der Waals surface area (Å²) in [6.07, 6.45) is 0. The maximum Gasteiger partial charge on any atom is 0.118 e. The van der Waals surface area contributed by atoms with Crippen LogP contribution in [0.3, 0.4) is 0 Å². The minimum atomic E-state index is 0.858. The van der Waals surface area contributed by atoms with Crippen molar-refractivity contribution >= 4 is 53.9 Å². The van der Waals surface area contributed by atoms with E-state index in [1.807, 2.05) is 0 Å². The summed E-state index contributed by atoms with van der Waals surface area (Å²) in [4.78, 5) is 0. The number of methoxy groups -OCH3 is 1. The topological polar surface area (TPSA) is 9.23 Å². The second-order valence-electron chi connectivity index (χ2n) is 12.1. The summed E-state index contributed by atoms with van der Waals surface area (Å²) in [5.74, 6) is 0.858. The van der Waals surface area contributed by atoms with Crippen molar-refractivity contribution < 1.29 is 4.74 Å². The minimum Gasteiger partial charge on any atom is -0.497 e. The zero-order valence-corrected chi connectivity index (χ0v) is 25.5. The molecule has 0 N–H and O–H groups in total. The quantitative estimate of drug-likeness (QED) is 0.147. The fourth-order valence-corrected chi connectivity index (χ4v) is 7.28. The van der Waals surface area contributed by atoms with Gasteiger partial charge in [-0.1, -0.05) is 133 Å². The van der Waals surface area contributed by atoms with Crippen LogP contribution >= 0.6 is 0 Å². The Kier molecular flexibility index (Phi) is 6.11. The van der Waals surface area contributed by atoms with Gasteiger partial charge in [0.2, 0.25) is 0 Å². The van der Waals surface area contributed by atoms with E-state index in [0.29, 0.717) is 0 Å². The van der Waals surface area contributed by atoms with Crippen LogP contribution < -0.4 is 4.74 Å². The first kappa shape index (κ1) is 26.5. The zero-order valence-electron chi connectivity index (χ0n) is 25.5. The van der Waals surface area contributed by atoms with Crippen LogP contribution in [0.5, 0.6) is 5.75 Å². The molecule has 9 aromatic rings. The van der Waals surface area contributed by atoms with Crippen molar-refractivity contribution in [2.45, 2.75) is 0 Å². The molecule has 0 aliphatic carbocycles. The molecule has 1 heteroatoms. The Morgan fingerprint density at radius 3 is 1.57 bits per heavy atom. The molecule has 0 aliphatic rings. The van der Waals surface area contributed by atoms with Crippen molar-refractivity contribution in [3.8, 4) is 39.1 Å². The van der Waals surface area contributed by atoms with Gasteiger partial charge in [-0.25, -0.2) is 0 Å². The highest BCUT2D eigenvalue weighted by Gasteiger charge is 2.18. The van der Waals surface area contributed by atoms with Gasteiger partial charge in [-0.15, -0.1) is 0 Å². The van der Waals surface area contributed by atoms with E-state index in [1.165, 1.54) is 87.2 Å². The van der Waals surface area contributed by atoms with Crippen LogP contribution in [0, 0.1) is 0 Å². The van der Waals surface area contributed by atoms with Gasteiger partial charge in [-0.05, 0) is 118 Å². The molecule has 0 bridgehead atoms. The highest BCUT2D eigenvalue weighted by atomic mass is 16.5. The molecule has 1 nitrogen and oxygen atoms in total. The van der Waals surface area contributed by atoms with Crippen molar-refractivity contribution in [3.05, 3.63) is 164 Å². The molecular formula is C45H30O. The fourth-order valence-electron chi connectivity index (χ4n) is 7.28. The number of ether oxygens (including phenoxy) is 1. The van der Waals surface area contributed by atoms with Crippen LogP contribution in [0.15, 0.2) is 164 Å². The number of rotatable bonds is 4. The van der Waals surface area contributed by atoms with Crippen LogP contribution in [0.4, 0.5) is 0 Å². The minimum absolute atomic E-state index is 0.858. The lowest BCUT2D eigenvalue weighted by Crippen LogP contribution is -1.92. The molecule has 0 radical (unpaired) electrons. The Morgan fingerprint density at radius 1 is 0.304 bits per heavy atom. The second-order valence-corrected chi connectivity index (χ2v) is 12.1. The van der Waals surface area contributed by atoms with Crippen molar-refractivity contribution in [1.29, 1.82) is 0 Å². The Balaban J connectivity index is 1.37. The van der Waals surface area contributed by atoms with Crippen LogP contribution in [0.2, 0.25) is 0 Å². The maximum absolute atomic E-state index is 5.51. The van der Waals surface area contributed by atoms with E-state index in [-0.39, 0.29) is 0 Å². The van der Waals surface area contributed by atoms with Crippen LogP contribution in [0.1, 0.15) is 0 Å². The molecule has 0 unspecified atom stereocenters. The predicted molar refractivity (Wildman–Crippen MR) is 197 cm³/mol. The molecule has 0 saturated heterocycles. The molecule has 0 spiro atoms. The third-order valence-corrected chi connectivity index (χ3v) is 9.52. The summed E-state index contributed by atoms with van der Waals surface area (Å²) in [5.41, 5.74) is 7.34. The number of hydrogen-bond acceptors (Lipinski definition) is 1. The second kappa shape index (κ2) is 10.6. The Bertz CT molecular complexity index is 2610. The van der Waals surface area contributed by atoms with Crippen molar-refractivity contribution in [1.82, 2.24) is 0 Å². The molecule has 9 rings (SSSR count). The molecule has 0 heterocycles. The molecule has 46 heavy (non-hydrogen) atoms. The number of hydrogen-bond donors (Lipinski definition) is 0. The van der Waals surface area contributed by atoms with Gasteiger partial charge in [-0.2, -0.15) is 0 Å². The predicted octanol–water partition coefficient (Wildman–Crippen LogP) is 12.5. The molecule has 0 aliphatic heterocycles. The van der Waals surface area contributed by atoms with E-state index in [2.05, 4.69) is 164 Å². The molecule has 0 fully saturated rings. The Morgan fingerprint density at radius 2 is 0.783 bits per heavy atom. The third-order valence-electron chi connectivity index (χ3n) is 9.52. The average Bonchev–Trinajstić information content (AvgIpc) is 3.13. The highest BCUT2D eigenvalue weighted by molar-refractivity contribution is 6.22. The SMILES string of the molecule is COc1ccc(-c2c3ccccc3c(-c3ccc4c(ccc5ccccc54)c3)c3cc(-c4ccc5ccccc5c4)ccc23)cc1. The standard InChI is InChI=1S/C45H30O/c1-46-37-22-18-31(19-23-37)44-40-12-6-7-13-41(40)45(36-21-24-39-35(27-36)17-15-30-9-4-5-11-38(30)39)43-28-34(20-25-42(43)44)33-16-14-29-8-2-3-10-32(29)26-33/h2-28H,1H3. The summed E-state index contributed by atoms with van der Waals surface area (Å²) in [7, 11) is 1.72. The summed E-state index contributed by atoms with van der Waals surface area (Å²) < 4.78 is 5.51. The molecule has 0 atom stereocenters. The summed E-state index contributed by atoms with van der Waals surface area (Å²) in [6, 6.07) is 59.8. The van der Waals surface area contributed by atoms with Crippen LogP contribution in [0.25, 0.3) is 87.2 Å². The Labute approximate surface area is 267 Å². The molecule has 0 saturated carbocycles. The van der Waals surface area contributed by atoms with E-state index in [9.17, 15) is 0 Å². The summed E-state index contributed by atoms with van der Waals surface area (Å²) in [5, 5.41) is 12.6. The number of fused-ring (bicyclic) bond motifs is 6. The third kappa shape index (κ3) is 4.24. The average molecular weight is 587 g/mol. The largest absolute Gasteiger partial charge is 0.497 e. The van der Waals surface area contributed by atoms with E-state index in [1.54, 1.807) is 7.11 Å². The summed E-state index contributed by atoms with van der Waals surface area (Å²) >= 11 is 0. The van der Waals surface area contributed by atoms with E-state index >= 15 is 0 Å². The van der Waals surface area contributed by atoms with Gasteiger partial charge in [0, 0.05) is 0 Å². The lowest BCUT2D eigenvalue weighted by Gasteiger charge is -2.19. The fraction of sp³-hybridized carbons (Fsp3) is 0.0222. The number of benzene rings is 9. The first-order valence-corrected chi connectivity index (χ1v) is 15.8. The van der Waals surface area contributed by atoms with Crippen LogP contribution in [-0.2, 0) is 0 Å². The monoisotopic (exact) mass is 586 g/mol. The maximum atomic E-state index is 5.51. The smallest absolute Gasteiger partial charge is 0.118 e. The molecule has 0 aromatic heterocycles. The van der Waals surface area contributed by atoms with Gasteiger partial charge in [0.1, 0.15) is 5.75 Å². The first-order valence-electron chi connectivity index (χ1n) is 15.8. The molecule has 9 aromatic carbocycles. The van der Waals surface area contributed by atoms with Gasteiger partial charge >= 0.3 is 0 Å².